The van der Waals surface area contributed by atoms with Crippen LogP contribution < -0.4 is 11.3 Å². The zero-order chi connectivity index (χ0) is 10.1. The number of hydrazone groups is 1. The SMILES string of the molecule is CCC/C=N\NC(=NC)N(N)CC. The molecule has 0 saturated carbocycles. The van der Waals surface area contributed by atoms with Crippen molar-refractivity contribution < 1.29 is 0 Å². The van der Waals surface area contributed by atoms with Gasteiger partial charge in [-0.1, -0.05) is 13.3 Å². The number of nitrogens with zero attached hydrogens (tertiary/aromatic N) is 3. The molecule has 3 N–H and O–H groups in total. The lowest BCUT2D eigenvalue weighted by atomic mass is 10.4. The summed E-state index contributed by atoms with van der Waals surface area (Å²) in [6.07, 6.45) is 3.86. The molecular formula is C8H19N5. The molecule has 0 unspecified atom stereocenters. The minimum atomic E-state index is 0.579. The number of rotatable bonds is 4. The number of hydrazine groups is 1. The van der Waals surface area contributed by atoms with Crippen molar-refractivity contribution >= 4 is 12.2 Å². The summed E-state index contributed by atoms with van der Waals surface area (Å²) in [6, 6.07) is 0. The van der Waals surface area contributed by atoms with Gasteiger partial charge in [0.05, 0.1) is 0 Å². The summed E-state index contributed by atoms with van der Waals surface area (Å²) < 4.78 is 0. The van der Waals surface area contributed by atoms with E-state index < -0.39 is 0 Å². The predicted molar refractivity (Wildman–Crippen MR) is 56.5 cm³/mol. The van der Waals surface area contributed by atoms with Crippen LogP contribution in [0.2, 0.25) is 0 Å². The number of nitrogens with one attached hydrogen (secondary N) is 1. The molecule has 0 rings (SSSR count). The first-order chi connectivity index (χ1) is 6.26. The van der Waals surface area contributed by atoms with Gasteiger partial charge in [-0.25, -0.2) is 11.3 Å². The molecule has 0 aliphatic heterocycles. The van der Waals surface area contributed by atoms with Crippen LogP contribution in [0.25, 0.3) is 0 Å². The third kappa shape index (κ3) is 5.19. The monoisotopic (exact) mass is 185 g/mol. The molecule has 0 aromatic carbocycles. The standard InChI is InChI=1S/C8H19N5/c1-4-6-7-11-12-8(10-3)13(9)5-2/h7H,4-6,9H2,1-3H3,(H,10,12)/b11-7-. The van der Waals surface area contributed by atoms with E-state index in [4.69, 9.17) is 5.84 Å². The smallest absolute Gasteiger partial charge is 0.228 e. The Labute approximate surface area is 79.7 Å². The van der Waals surface area contributed by atoms with Gasteiger partial charge in [-0.2, -0.15) is 5.10 Å². The second kappa shape index (κ2) is 7.54. The maximum Gasteiger partial charge on any atom is 0.228 e. The van der Waals surface area contributed by atoms with Gasteiger partial charge in [-0.3, -0.25) is 10.0 Å². The van der Waals surface area contributed by atoms with Gasteiger partial charge in [0.2, 0.25) is 5.96 Å². The largest absolute Gasteiger partial charge is 0.280 e. The summed E-state index contributed by atoms with van der Waals surface area (Å²) in [4.78, 5) is 3.95. The van der Waals surface area contributed by atoms with Crippen LogP contribution in [0.3, 0.4) is 0 Å². The summed E-state index contributed by atoms with van der Waals surface area (Å²) in [7, 11) is 1.67. The van der Waals surface area contributed by atoms with Gasteiger partial charge in [0.1, 0.15) is 0 Å². The first kappa shape index (κ1) is 11.9. The molecule has 0 aliphatic rings. The predicted octanol–water partition coefficient (Wildman–Crippen LogP) is 0.543. The minimum Gasteiger partial charge on any atom is -0.280 e. The third-order valence-corrected chi connectivity index (χ3v) is 1.50. The van der Waals surface area contributed by atoms with E-state index in [0.29, 0.717) is 12.5 Å². The fourth-order valence-corrected chi connectivity index (χ4v) is 0.689. The molecule has 13 heavy (non-hydrogen) atoms. The maximum absolute atomic E-state index is 5.61. The Bertz CT molecular complexity index is 175. The highest BCUT2D eigenvalue weighted by Gasteiger charge is 2.00. The van der Waals surface area contributed by atoms with Crippen molar-refractivity contribution in [3.05, 3.63) is 0 Å². The van der Waals surface area contributed by atoms with Crippen molar-refractivity contribution in [3.63, 3.8) is 0 Å². The highest BCUT2D eigenvalue weighted by Crippen LogP contribution is 1.82. The summed E-state index contributed by atoms with van der Waals surface area (Å²) in [5, 5.41) is 5.48. The van der Waals surface area contributed by atoms with E-state index in [2.05, 4.69) is 22.4 Å². The van der Waals surface area contributed by atoms with Gasteiger partial charge < -0.3 is 0 Å². The molecule has 0 saturated heterocycles. The number of unbranched alkanes of at least 4 members (excludes halogenated alkanes) is 1. The molecule has 0 aromatic heterocycles. The Balaban J connectivity index is 3.86. The lowest BCUT2D eigenvalue weighted by Gasteiger charge is -2.16. The third-order valence-electron chi connectivity index (χ3n) is 1.50. The minimum absolute atomic E-state index is 0.579. The molecule has 0 atom stereocenters. The van der Waals surface area contributed by atoms with Crippen molar-refractivity contribution in [2.75, 3.05) is 13.6 Å². The first-order valence-corrected chi connectivity index (χ1v) is 4.52. The summed E-state index contributed by atoms with van der Waals surface area (Å²) in [5.74, 6) is 6.19. The van der Waals surface area contributed by atoms with Crippen molar-refractivity contribution in [3.8, 4) is 0 Å². The molecule has 0 aliphatic carbocycles. The molecule has 76 valence electrons. The second-order valence-corrected chi connectivity index (χ2v) is 2.55. The van der Waals surface area contributed by atoms with Crippen LogP contribution in [0.15, 0.2) is 10.1 Å². The van der Waals surface area contributed by atoms with Gasteiger partial charge in [0.15, 0.2) is 0 Å². The molecule has 0 fully saturated rings. The van der Waals surface area contributed by atoms with Crippen LogP contribution in [-0.2, 0) is 0 Å². The van der Waals surface area contributed by atoms with Crippen LogP contribution in [0.1, 0.15) is 26.7 Å². The lowest BCUT2D eigenvalue weighted by Crippen LogP contribution is -2.43. The number of aliphatic imine (C=N–C) groups is 1. The summed E-state index contributed by atoms with van der Waals surface area (Å²) in [5.41, 5.74) is 2.78. The molecule has 0 spiro atoms. The van der Waals surface area contributed by atoms with E-state index >= 15 is 0 Å². The normalized spacial score (nSPS) is 12.2. The maximum atomic E-state index is 5.61. The molecule has 5 heteroatoms. The molecule has 0 radical (unpaired) electrons. The van der Waals surface area contributed by atoms with Crippen LogP contribution in [-0.4, -0.2) is 30.8 Å². The van der Waals surface area contributed by atoms with Gasteiger partial charge in [-0.15, -0.1) is 0 Å². The molecule has 0 heterocycles. The molecule has 0 bridgehead atoms. The van der Waals surface area contributed by atoms with Crippen molar-refractivity contribution in [1.29, 1.82) is 0 Å². The Hall–Kier alpha value is -1.10. The fraction of sp³-hybridized carbons (Fsp3) is 0.750. The Morgan fingerprint density at radius 1 is 1.54 bits per heavy atom. The van der Waals surface area contributed by atoms with E-state index in [0.717, 1.165) is 12.8 Å². The van der Waals surface area contributed by atoms with E-state index in [-0.39, 0.29) is 0 Å². The van der Waals surface area contributed by atoms with Crippen LogP contribution in [0.5, 0.6) is 0 Å². The van der Waals surface area contributed by atoms with Gasteiger partial charge in [0.25, 0.3) is 0 Å². The average molecular weight is 185 g/mol. The van der Waals surface area contributed by atoms with E-state index in [1.807, 2.05) is 13.1 Å². The van der Waals surface area contributed by atoms with Crippen molar-refractivity contribution in [2.24, 2.45) is 15.9 Å². The zero-order valence-corrected chi connectivity index (χ0v) is 8.62. The van der Waals surface area contributed by atoms with E-state index in [1.54, 1.807) is 7.05 Å². The fourth-order valence-electron chi connectivity index (χ4n) is 0.689. The quantitative estimate of drug-likeness (QED) is 0.291. The first-order valence-electron chi connectivity index (χ1n) is 4.52. The van der Waals surface area contributed by atoms with E-state index in [1.165, 1.54) is 5.01 Å². The Morgan fingerprint density at radius 3 is 2.69 bits per heavy atom. The summed E-state index contributed by atoms with van der Waals surface area (Å²) >= 11 is 0. The zero-order valence-electron chi connectivity index (χ0n) is 8.62. The molecule has 5 nitrogen and oxygen atoms in total. The van der Waals surface area contributed by atoms with Crippen LogP contribution in [0.4, 0.5) is 0 Å². The van der Waals surface area contributed by atoms with Crippen molar-refractivity contribution in [1.82, 2.24) is 10.4 Å². The molecule has 0 amide bonds. The topological polar surface area (TPSA) is 66.0 Å². The highest BCUT2D eigenvalue weighted by molar-refractivity contribution is 5.79. The van der Waals surface area contributed by atoms with Gasteiger partial charge >= 0.3 is 0 Å². The highest BCUT2D eigenvalue weighted by atomic mass is 15.5. The second-order valence-electron chi connectivity index (χ2n) is 2.55. The number of nitrogens with two attached hydrogens (primary N) is 1. The van der Waals surface area contributed by atoms with Crippen molar-refractivity contribution in [2.45, 2.75) is 26.7 Å². The summed E-state index contributed by atoms with van der Waals surface area (Å²) in [6.45, 7) is 4.74. The van der Waals surface area contributed by atoms with E-state index in [9.17, 15) is 0 Å². The Kier molecular flexibility index (Phi) is 6.91. The van der Waals surface area contributed by atoms with Crippen LogP contribution in [0, 0.1) is 0 Å². The van der Waals surface area contributed by atoms with Gasteiger partial charge in [-0.05, 0) is 13.3 Å². The average Bonchev–Trinajstić information content (AvgIpc) is 2.17. The molecule has 0 aromatic rings. The Morgan fingerprint density at radius 2 is 2.23 bits per heavy atom. The number of hydrogen-bond acceptors (Lipinski definition) is 3. The molecular weight excluding hydrogens is 166 g/mol. The lowest BCUT2D eigenvalue weighted by molar-refractivity contribution is 0.446. The van der Waals surface area contributed by atoms with Gasteiger partial charge in [0, 0.05) is 19.8 Å². The number of guanidine groups is 1. The van der Waals surface area contributed by atoms with Crippen LogP contribution >= 0.6 is 0 Å². The number of hydrogen-bond donors (Lipinski definition) is 2.